The van der Waals surface area contributed by atoms with E-state index in [-0.39, 0.29) is 6.04 Å². The second kappa shape index (κ2) is 6.27. The molecule has 0 bridgehead atoms. The van der Waals surface area contributed by atoms with Crippen molar-refractivity contribution in [1.82, 2.24) is 0 Å². The van der Waals surface area contributed by atoms with Gasteiger partial charge in [-0.05, 0) is 42.2 Å². The Morgan fingerprint density at radius 1 is 1.21 bits per heavy atom. The third-order valence-electron chi connectivity index (χ3n) is 3.03. The minimum atomic E-state index is -0.119. The van der Waals surface area contributed by atoms with Crippen LogP contribution in [0.3, 0.4) is 0 Å². The summed E-state index contributed by atoms with van der Waals surface area (Å²) in [5, 5.41) is 1.15. The highest BCUT2D eigenvalue weighted by Gasteiger charge is 2.13. The molecule has 2 aromatic rings. The largest absolute Gasteiger partial charge is 0.324 e. The van der Waals surface area contributed by atoms with Crippen molar-refractivity contribution in [1.29, 1.82) is 0 Å². The average molecular weight is 359 g/mol. The molecule has 0 saturated carbocycles. The molecule has 1 atom stereocenters. The Hall–Kier alpha value is -0.540. The fourth-order valence-electron chi connectivity index (χ4n) is 1.99. The lowest BCUT2D eigenvalue weighted by molar-refractivity contribution is 0.718. The summed E-state index contributed by atoms with van der Waals surface area (Å²) in [6.07, 6.45) is 0.654. The maximum absolute atomic E-state index is 6.27. The Kier molecular flexibility index (Phi) is 4.91. The maximum atomic E-state index is 6.27. The molecule has 0 fully saturated rings. The normalized spacial score (nSPS) is 12.5. The summed E-state index contributed by atoms with van der Waals surface area (Å²) in [6, 6.07) is 11.7. The number of halogens is 3. The molecule has 0 spiro atoms. The van der Waals surface area contributed by atoms with E-state index in [1.807, 2.05) is 25.1 Å². The summed E-state index contributed by atoms with van der Waals surface area (Å²) < 4.78 is 1.03. The van der Waals surface area contributed by atoms with Gasteiger partial charge in [-0.1, -0.05) is 63.4 Å². The van der Waals surface area contributed by atoms with Crippen LogP contribution < -0.4 is 5.73 Å². The molecule has 100 valence electrons. The van der Waals surface area contributed by atoms with Gasteiger partial charge in [0.15, 0.2) is 0 Å². The van der Waals surface area contributed by atoms with Crippen LogP contribution in [0.25, 0.3) is 0 Å². The van der Waals surface area contributed by atoms with E-state index < -0.39 is 0 Å². The molecule has 0 aromatic heterocycles. The standard InChI is InChI=1S/C15H14BrCl2N/c1-9-5-6-11(12(16)7-9)14(19)8-10-3-2-4-13(17)15(10)18/h2-7,14H,8,19H2,1H3. The van der Waals surface area contributed by atoms with Crippen LogP contribution in [0.15, 0.2) is 40.9 Å². The summed E-state index contributed by atoms with van der Waals surface area (Å²) >= 11 is 15.8. The van der Waals surface area contributed by atoms with Crippen molar-refractivity contribution < 1.29 is 0 Å². The fraction of sp³-hybridized carbons (Fsp3) is 0.200. The van der Waals surface area contributed by atoms with Crippen LogP contribution in [0.5, 0.6) is 0 Å². The maximum Gasteiger partial charge on any atom is 0.0624 e. The first-order valence-electron chi connectivity index (χ1n) is 5.93. The molecule has 1 unspecified atom stereocenters. The molecule has 0 aliphatic carbocycles. The number of hydrogen-bond donors (Lipinski definition) is 1. The molecular weight excluding hydrogens is 345 g/mol. The first-order valence-corrected chi connectivity index (χ1v) is 7.48. The van der Waals surface area contributed by atoms with Gasteiger partial charge >= 0.3 is 0 Å². The number of rotatable bonds is 3. The molecule has 0 amide bonds. The van der Waals surface area contributed by atoms with Gasteiger partial charge in [0, 0.05) is 10.5 Å². The van der Waals surface area contributed by atoms with Crippen molar-refractivity contribution in [2.45, 2.75) is 19.4 Å². The van der Waals surface area contributed by atoms with Crippen LogP contribution in [0.2, 0.25) is 10.0 Å². The molecule has 0 aliphatic rings. The lowest BCUT2D eigenvalue weighted by atomic mass is 9.99. The van der Waals surface area contributed by atoms with E-state index in [0.717, 1.165) is 15.6 Å². The van der Waals surface area contributed by atoms with E-state index in [1.165, 1.54) is 5.56 Å². The third kappa shape index (κ3) is 3.51. The SMILES string of the molecule is Cc1ccc(C(N)Cc2cccc(Cl)c2Cl)c(Br)c1. The Labute approximate surface area is 131 Å². The molecule has 4 heteroatoms. The van der Waals surface area contributed by atoms with Gasteiger partial charge in [0.1, 0.15) is 0 Å². The Bertz CT molecular complexity index is 599. The summed E-state index contributed by atoms with van der Waals surface area (Å²) in [5.41, 5.74) is 9.50. The van der Waals surface area contributed by atoms with Crippen LogP contribution in [0.4, 0.5) is 0 Å². The number of aryl methyl sites for hydroxylation is 1. The van der Waals surface area contributed by atoms with E-state index in [9.17, 15) is 0 Å². The van der Waals surface area contributed by atoms with E-state index in [2.05, 4.69) is 28.1 Å². The third-order valence-corrected chi connectivity index (χ3v) is 4.57. The Morgan fingerprint density at radius 3 is 2.63 bits per heavy atom. The zero-order valence-electron chi connectivity index (χ0n) is 10.5. The van der Waals surface area contributed by atoms with Gasteiger partial charge in [0.25, 0.3) is 0 Å². The van der Waals surface area contributed by atoms with Gasteiger partial charge in [-0.25, -0.2) is 0 Å². The zero-order chi connectivity index (χ0) is 14.0. The van der Waals surface area contributed by atoms with Gasteiger partial charge in [-0.15, -0.1) is 0 Å². The summed E-state index contributed by atoms with van der Waals surface area (Å²) in [5.74, 6) is 0. The predicted molar refractivity (Wildman–Crippen MR) is 86.0 cm³/mol. The number of nitrogens with two attached hydrogens (primary N) is 1. The molecule has 19 heavy (non-hydrogen) atoms. The number of benzene rings is 2. The summed E-state index contributed by atoms with van der Waals surface area (Å²) in [7, 11) is 0. The molecule has 2 rings (SSSR count). The lowest BCUT2D eigenvalue weighted by Crippen LogP contribution is -2.14. The first kappa shape index (κ1) is 14.9. The Morgan fingerprint density at radius 2 is 1.95 bits per heavy atom. The molecule has 0 radical (unpaired) electrons. The van der Waals surface area contributed by atoms with Crippen molar-refractivity contribution in [2.24, 2.45) is 5.73 Å². The topological polar surface area (TPSA) is 26.0 Å². The van der Waals surface area contributed by atoms with Crippen LogP contribution in [0.1, 0.15) is 22.7 Å². The molecule has 0 aliphatic heterocycles. The monoisotopic (exact) mass is 357 g/mol. The Balaban J connectivity index is 2.25. The van der Waals surface area contributed by atoms with Crippen molar-refractivity contribution in [3.8, 4) is 0 Å². The van der Waals surface area contributed by atoms with Gasteiger partial charge in [0.05, 0.1) is 10.0 Å². The molecule has 2 aromatic carbocycles. The van der Waals surface area contributed by atoms with Gasteiger partial charge in [-0.2, -0.15) is 0 Å². The minimum absolute atomic E-state index is 0.119. The quantitative estimate of drug-likeness (QED) is 0.790. The minimum Gasteiger partial charge on any atom is -0.324 e. The van der Waals surface area contributed by atoms with Gasteiger partial charge in [-0.3, -0.25) is 0 Å². The van der Waals surface area contributed by atoms with E-state index in [4.69, 9.17) is 28.9 Å². The van der Waals surface area contributed by atoms with Gasteiger partial charge in [0.2, 0.25) is 0 Å². The second-order valence-electron chi connectivity index (χ2n) is 4.55. The molecule has 0 saturated heterocycles. The zero-order valence-corrected chi connectivity index (χ0v) is 13.6. The smallest absolute Gasteiger partial charge is 0.0624 e. The summed E-state index contributed by atoms with van der Waals surface area (Å²) in [6.45, 7) is 2.05. The van der Waals surface area contributed by atoms with Crippen LogP contribution in [0, 0.1) is 6.92 Å². The van der Waals surface area contributed by atoms with Crippen LogP contribution in [-0.2, 0) is 6.42 Å². The lowest BCUT2D eigenvalue weighted by Gasteiger charge is -2.15. The van der Waals surface area contributed by atoms with Crippen LogP contribution in [-0.4, -0.2) is 0 Å². The highest BCUT2D eigenvalue weighted by Crippen LogP contribution is 2.30. The van der Waals surface area contributed by atoms with Gasteiger partial charge < -0.3 is 5.73 Å². The molecule has 0 heterocycles. The average Bonchev–Trinajstić information content (AvgIpc) is 2.34. The van der Waals surface area contributed by atoms with E-state index in [1.54, 1.807) is 6.07 Å². The van der Waals surface area contributed by atoms with Crippen molar-refractivity contribution in [3.05, 3.63) is 67.6 Å². The first-order chi connectivity index (χ1) is 8.99. The van der Waals surface area contributed by atoms with Crippen molar-refractivity contribution in [2.75, 3.05) is 0 Å². The highest BCUT2D eigenvalue weighted by atomic mass is 79.9. The van der Waals surface area contributed by atoms with Crippen LogP contribution >= 0.6 is 39.1 Å². The second-order valence-corrected chi connectivity index (χ2v) is 6.19. The highest BCUT2D eigenvalue weighted by molar-refractivity contribution is 9.10. The molecule has 1 nitrogen and oxygen atoms in total. The molecule has 2 N–H and O–H groups in total. The van der Waals surface area contributed by atoms with Crippen molar-refractivity contribution in [3.63, 3.8) is 0 Å². The van der Waals surface area contributed by atoms with Crippen molar-refractivity contribution >= 4 is 39.1 Å². The predicted octanol–water partition coefficient (Wildman–Crippen LogP) is 5.31. The molecular formula is C15H14BrCl2N. The van der Waals surface area contributed by atoms with E-state index in [0.29, 0.717) is 16.5 Å². The number of hydrogen-bond acceptors (Lipinski definition) is 1. The fourth-order valence-corrected chi connectivity index (χ4v) is 3.17. The van der Waals surface area contributed by atoms with E-state index >= 15 is 0 Å². The summed E-state index contributed by atoms with van der Waals surface area (Å²) in [4.78, 5) is 0.